The first-order chi connectivity index (χ1) is 8.98. The first-order valence-corrected chi connectivity index (χ1v) is 7.09. The lowest BCUT2D eigenvalue weighted by Gasteiger charge is -2.29. The Balaban J connectivity index is 2.19. The molecule has 0 saturated carbocycles. The number of hydrogen-bond acceptors (Lipinski definition) is 3. The van der Waals surface area contributed by atoms with Crippen molar-refractivity contribution in [2.75, 3.05) is 32.6 Å². The topological polar surface area (TPSA) is 24.5 Å². The number of benzene rings is 1. The average molecular weight is 262 g/mol. The van der Waals surface area contributed by atoms with Crippen molar-refractivity contribution in [1.29, 1.82) is 0 Å². The highest BCUT2D eigenvalue weighted by Gasteiger charge is 2.37. The number of nitrogens with zero attached hydrogens (tertiary/aromatic N) is 1. The number of rotatable bonds is 5. The van der Waals surface area contributed by atoms with E-state index in [1.807, 2.05) is 0 Å². The van der Waals surface area contributed by atoms with Gasteiger partial charge in [0, 0.05) is 29.3 Å². The number of hydrogen-bond donors (Lipinski definition) is 1. The van der Waals surface area contributed by atoms with Crippen LogP contribution in [0.3, 0.4) is 0 Å². The highest BCUT2D eigenvalue weighted by molar-refractivity contribution is 5.65. The molecule has 1 aromatic rings. The summed E-state index contributed by atoms with van der Waals surface area (Å²) in [7, 11) is 3.95. The molecule has 0 radical (unpaired) electrons. The van der Waals surface area contributed by atoms with Crippen LogP contribution in [0.25, 0.3) is 0 Å². The lowest BCUT2D eigenvalue weighted by molar-refractivity contribution is 0.246. The molecule has 0 amide bonds. The summed E-state index contributed by atoms with van der Waals surface area (Å²) >= 11 is 0. The first-order valence-electron chi connectivity index (χ1n) is 7.09. The van der Waals surface area contributed by atoms with Gasteiger partial charge in [-0.05, 0) is 46.0 Å². The van der Waals surface area contributed by atoms with Gasteiger partial charge in [0.15, 0.2) is 0 Å². The van der Waals surface area contributed by atoms with Gasteiger partial charge in [0.25, 0.3) is 0 Å². The molecule has 0 bridgehead atoms. The van der Waals surface area contributed by atoms with E-state index in [4.69, 9.17) is 4.74 Å². The minimum Gasteiger partial charge on any atom is -0.496 e. The third-order valence-corrected chi connectivity index (χ3v) is 4.42. The summed E-state index contributed by atoms with van der Waals surface area (Å²) in [5.41, 5.74) is 2.73. The van der Waals surface area contributed by atoms with E-state index in [0.717, 1.165) is 25.3 Å². The molecule has 0 fully saturated rings. The molecule has 0 saturated heterocycles. The maximum absolute atomic E-state index is 5.55. The molecule has 2 rings (SSSR count). The highest BCUT2D eigenvalue weighted by atomic mass is 16.5. The predicted octanol–water partition coefficient (Wildman–Crippen LogP) is 3.11. The largest absolute Gasteiger partial charge is 0.496 e. The number of anilines is 1. The van der Waals surface area contributed by atoms with Gasteiger partial charge >= 0.3 is 0 Å². The molecule has 1 heterocycles. The van der Waals surface area contributed by atoms with Gasteiger partial charge in [-0.15, -0.1) is 0 Å². The Morgan fingerprint density at radius 2 is 2.16 bits per heavy atom. The zero-order chi connectivity index (χ0) is 14.0. The van der Waals surface area contributed by atoms with E-state index in [2.05, 4.69) is 56.2 Å². The summed E-state index contributed by atoms with van der Waals surface area (Å²) < 4.78 is 5.55. The Morgan fingerprint density at radius 3 is 2.79 bits per heavy atom. The van der Waals surface area contributed by atoms with Crippen molar-refractivity contribution >= 4 is 5.69 Å². The minimum absolute atomic E-state index is 0.158. The van der Waals surface area contributed by atoms with Gasteiger partial charge in [-0.3, -0.25) is 0 Å². The Labute approximate surface area is 116 Å². The van der Waals surface area contributed by atoms with E-state index in [9.17, 15) is 0 Å². The van der Waals surface area contributed by atoms with Gasteiger partial charge in [0.05, 0.1) is 7.11 Å². The van der Waals surface area contributed by atoms with Crippen molar-refractivity contribution in [3.63, 3.8) is 0 Å². The second-order valence-corrected chi connectivity index (χ2v) is 6.12. The summed E-state index contributed by atoms with van der Waals surface area (Å²) in [6.07, 6.45) is 1.14. The molecule has 0 unspecified atom stereocenters. The van der Waals surface area contributed by atoms with Crippen molar-refractivity contribution in [3.8, 4) is 5.75 Å². The van der Waals surface area contributed by atoms with Crippen LogP contribution in [0.1, 0.15) is 32.8 Å². The first kappa shape index (κ1) is 14.2. The average Bonchev–Trinajstić information content (AvgIpc) is 2.74. The molecule has 1 N–H and O–H groups in total. The summed E-state index contributed by atoms with van der Waals surface area (Å²) in [5, 5.41) is 3.52. The summed E-state index contributed by atoms with van der Waals surface area (Å²) in [6, 6.07) is 6.86. The lowest BCUT2D eigenvalue weighted by atomic mass is 9.80. The SMILES string of the molecule is COc1cccc2c1[C@](C)(CCN(C)C(C)C)CN2. The van der Waals surface area contributed by atoms with Gasteiger partial charge in [0.2, 0.25) is 0 Å². The lowest BCUT2D eigenvalue weighted by Crippen LogP contribution is -2.34. The van der Waals surface area contributed by atoms with Crippen LogP contribution in [0.15, 0.2) is 18.2 Å². The van der Waals surface area contributed by atoms with Crippen LogP contribution in [-0.2, 0) is 5.41 Å². The molecule has 1 aliphatic heterocycles. The van der Waals surface area contributed by atoms with E-state index >= 15 is 0 Å². The van der Waals surface area contributed by atoms with Crippen LogP contribution in [-0.4, -0.2) is 38.2 Å². The maximum Gasteiger partial charge on any atom is 0.124 e. The molecule has 1 aliphatic rings. The fourth-order valence-electron chi connectivity index (χ4n) is 2.74. The summed E-state index contributed by atoms with van der Waals surface area (Å²) in [4.78, 5) is 2.40. The zero-order valence-electron chi connectivity index (χ0n) is 12.8. The van der Waals surface area contributed by atoms with Crippen molar-refractivity contribution in [2.45, 2.75) is 38.6 Å². The van der Waals surface area contributed by atoms with Crippen molar-refractivity contribution in [1.82, 2.24) is 4.90 Å². The van der Waals surface area contributed by atoms with Crippen LogP contribution >= 0.6 is 0 Å². The van der Waals surface area contributed by atoms with Gasteiger partial charge in [-0.2, -0.15) is 0 Å². The van der Waals surface area contributed by atoms with E-state index in [0.29, 0.717) is 6.04 Å². The van der Waals surface area contributed by atoms with Gasteiger partial charge in [-0.1, -0.05) is 13.0 Å². The van der Waals surface area contributed by atoms with Crippen molar-refractivity contribution < 1.29 is 4.74 Å². The number of methoxy groups -OCH3 is 1. The van der Waals surface area contributed by atoms with E-state index < -0.39 is 0 Å². The summed E-state index contributed by atoms with van der Waals surface area (Å²) in [5.74, 6) is 1.01. The molecule has 0 spiro atoms. The predicted molar refractivity (Wildman–Crippen MR) is 81.2 cm³/mol. The van der Waals surface area contributed by atoms with Gasteiger partial charge in [0.1, 0.15) is 5.75 Å². The standard InChI is InChI=1S/C16H26N2O/c1-12(2)18(4)10-9-16(3)11-17-13-7-6-8-14(19-5)15(13)16/h6-8,12,17H,9-11H2,1-5H3/t16-/m1/s1. The maximum atomic E-state index is 5.55. The number of ether oxygens (including phenoxy) is 1. The molecule has 1 aromatic carbocycles. The monoisotopic (exact) mass is 262 g/mol. The quantitative estimate of drug-likeness (QED) is 0.882. The van der Waals surface area contributed by atoms with Crippen LogP contribution in [0, 0.1) is 0 Å². The van der Waals surface area contributed by atoms with E-state index in [1.165, 1.54) is 11.3 Å². The summed E-state index contributed by atoms with van der Waals surface area (Å²) in [6.45, 7) is 8.91. The molecular weight excluding hydrogens is 236 g/mol. The van der Waals surface area contributed by atoms with Crippen LogP contribution < -0.4 is 10.1 Å². The fourth-order valence-corrected chi connectivity index (χ4v) is 2.74. The molecule has 3 heteroatoms. The molecule has 19 heavy (non-hydrogen) atoms. The van der Waals surface area contributed by atoms with E-state index in [-0.39, 0.29) is 5.41 Å². The Bertz CT molecular complexity index is 444. The number of fused-ring (bicyclic) bond motifs is 1. The zero-order valence-corrected chi connectivity index (χ0v) is 12.8. The van der Waals surface area contributed by atoms with Crippen molar-refractivity contribution in [2.24, 2.45) is 0 Å². The van der Waals surface area contributed by atoms with Crippen LogP contribution in [0.5, 0.6) is 5.75 Å². The number of nitrogens with one attached hydrogen (secondary N) is 1. The molecule has 0 aromatic heterocycles. The van der Waals surface area contributed by atoms with Gasteiger partial charge < -0.3 is 15.0 Å². The minimum atomic E-state index is 0.158. The van der Waals surface area contributed by atoms with Crippen molar-refractivity contribution in [3.05, 3.63) is 23.8 Å². The second-order valence-electron chi connectivity index (χ2n) is 6.12. The molecular formula is C16H26N2O. The Hall–Kier alpha value is -1.22. The smallest absolute Gasteiger partial charge is 0.124 e. The molecule has 1 atom stereocenters. The van der Waals surface area contributed by atoms with Crippen LogP contribution in [0.4, 0.5) is 5.69 Å². The van der Waals surface area contributed by atoms with E-state index in [1.54, 1.807) is 7.11 Å². The Kier molecular flexibility index (Phi) is 4.04. The normalized spacial score (nSPS) is 21.6. The highest BCUT2D eigenvalue weighted by Crippen LogP contribution is 2.44. The third-order valence-electron chi connectivity index (χ3n) is 4.42. The molecule has 106 valence electrons. The second kappa shape index (κ2) is 5.41. The Morgan fingerprint density at radius 1 is 1.42 bits per heavy atom. The van der Waals surface area contributed by atoms with Crippen LogP contribution in [0.2, 0.25) is 0 Å². The fraction of sp³-hybridized carbons (Fsp3) is 0.625. The van der Waals surface area contributed by atoms with Gasteiger partial charge in [-0.25, -0.2) is 0 Å². The molecule has 0 aliphatic carbocycles. The third kappa shape index (κ3) is 2.71. The molecule has 3 nitrogen and oxygen atoms in total.